The Morgan fingerprint density at radius 2 is 1.84 bits per heavy atom. The first kappa shape index (κ1) is 12.7. The first-order valence-electron chi connectivity index (χ1n) is 5.27. The van der Waals surface area contributed by atoms with Gasteiger partial charge in [-0.05, 0) is 30.3 Å². The minimum atomic E-state index is -0.658. The van der Waals surface area contributed by atoms with Crippen LogP contribution < -0.4 is 4.74 Å². The van der Waals surface area contributed by atoms with Crippen molar-refractivity contribution in [2.45, 2.75) is 0 Å². The highest BCUT2D eigenvalue weighted by molar-refractivity contribution is 5.74. The van der Waals surface area contributed by atoms with E-state index in [1.54, 1.807) is 0 Å². The Hall–Kier alpha value is -2.76. The summed E-state index contributed by atoms with van der Waals surface area (Å²) in [5.74, 6) is -0.548. The number of hydrogen-bond acceptors (Lipinski definition) is 4. The van der Waals surface area contributed by atoms with Crippen LogP contribution in [0.5, 0.6) is 11.5 Å². The number of nitrogens with zero attached hydrogens (tertiary/aromatic N) is 1. The zero-order valence-corrected chi connectivity index (χ0v) is 9.58. The van der Waals surface area contributed by atoms with Gasteiger partial charge in [0.15, 0.2) is 0 Å². The summed E-state index contributed by atoms with van der Waals surface area (Å²) < 4.78 is 18.3. The highest BCUT2D eigenvalue weighted by Gasteiger charge is 2.16. The van der Waals surface area contributed by atoms with Gasteiger partial charge in [-0.1, -0.05) is 0 Å². The number of halogens is 1. The molecule has 2 aromatic rings. The van der Waals surface area contributed by atoms with E-state index in [4.69, 9.17) is 4.74 Å². The highest BCUT2D eigenvalue weighted by Crippen LogP contribution is 2.31. The Labute approximate surface area is 107 Å². The molecule has 19 heavy (non-hydrogen) atoms. The smallest absolute Gasteiger partial charge is 0.311 e. The summed E-state index contributed by atoms with van der Waals surface area (Å²) in [7, 11) is 0. The third-order valence-electron chi connectivity index (χ3n) is 2.36. The molecule has 0 saturated carbocycles. The molecule has 0 aliphatic rings. The van der Waals surface area contributed by atoms with Crippen molar-refractivity contribution in [1.29, 1.82) is 0 Å². The van der Waals surface area contributed by atoms with Gasteiger partial charge in [-0.3, -0.25) is 14.9 Å². The van der Waals surface area contributed by atoms with E-state index >= 15 is 0 Å². The van der Waals surface area contributed by atoms with Crippen LogP contribution in [0, 0.1) is 15.9 Å². The zero-order chi connectivity index (χ0) is 13.8. The van der Waals surface area contributed by atoms with Crippen molar-refractivity contribution in [2.75, 3.05) is 0 Å². The zero-order valence-electron chi connectivity index (χ0n) is 9.58. The second-order valence-corrected chi connectivity index (χ2v) is 3.66. The molecular weight excluding hydrogens is 253 g/mol. The summed E-state index contributed by atoms with van der Waals surface area (Å²) in [4.78, 5) is 20.6. The minimum Gasteiger partial charge on any atom is -0.450 e. The topological polar surface area (TPSA) is 69.4 Å². The van der Waals surface area contributed by atoms with Gasteiger partial charge < -0.3 is 4.74 Å². The number of nitro benzene ring substituents is 1. The van der Waals surface area contributed by atoms with Crippen LogP contribution in [0.3, 0.4) is 0 Å². The maximum atomic E-state index is 13.1. The molecule has 2 rings (SSSR count). The minimum absolute atomic E-state index is 0.191. The average Bonchev–Trinajstić information content (AvgIpc) is 2.39. The van der Waals surface area contributed by atoms with Gasteiger partial charge in [0.25, 0.3) is 0 Å². The first-order chi connectivity index (χ1) is 9.10. The predicted octanol–water partition coefficient (Wildman–Crippen LogP) is 3.34. The molecule has 0 saturated heterocycles. The predicted molar refractivity (Wildman–Crippen MR) is 65.0 cm³/mol. The third-order valence-corrected chi connectivity index (χ3v) is 2.36. The van der Waals surface area contributed by atoms with Crippen molar-refractivity contribution < 1.29 is 18.8 Å². The highest BCUT2D eigenvalue weighted by atomic mass is 19.1. The molecule has 5 nitrogen and oxygen atoms in total. The Morgan fingerprint density at radius 3 is 2.42 bits per heavy atom. The van der Waals surface area contributed by atoms with Crippen molar-refractivity contribution in [3.8, 4) is 11.5 Å². The maximum Gasteiger partial charge on any atom is 0.311 e. The molecule has 0 aliphatic carbocycles. The van der Waals surface area contributed by atoms with E-state index in [2.05, 4.69) is 0 Å². The number of carbonyl (C=O) groups excluding carboxylic acids is 1. The average molecular weight is 261 g/mol. The van der Waals surface area contributed by atoms with Crippen molar-refractivity contribution in [3.05, 3.63) is 64.0 Å². The first-order valence-corrected chi connectivity index (χ1v) is 5.27. The summed E-state index contributed by atoms with van der Waals surface area (Å²) in [5, 5.41) is 10.8. The Bertz CT molecular complexity index is 625. The molecule has 2 aromatic carbocycles. The van der Waals surface area contributed by atoms with E-state index in [1.807, 2.05) is 0 Å². The lowest BCUT2D eigenvalue weighted by Crippen LogP contribution is -1.94. The number of rotatable bonds is 4. The van der Waals surface area contributed by atoms with Gasteiger partial charge in [-0.25, -0.2) is 4.39 Å². The molecule has 0 heterocycles. The maximum absolute atomic E-state index is 13.1. The van der Waals surface area contributed by atoms with Gasteiger partial charge in [-0.15, -0.1) is 0 Å². The number of aldehydes is 1. The fraction of sp³-hybridized carbons (Fsp3) is 0. The molecular formula is C13H8FNO4. The second-order valence-electron chi connectivity index (χ2n) is 3.66. The lowest BCUT2D eigenvalue weighted by molar-refractivity contribution is -0.385. The van der Waals surface area contributed by atoms with Crippen LogP contribution in [-0.2, 0) is 0 Å². The molecule has 0 aromatic heterocycles. The molecule has 0 bridgehead atoms. The van der Waals surface area contributed by atoms with Crippen molar-refractivity contribution >= 4 is 12.0 Å². The van der Waals surface area contributed by atoms with Gasteiger partial charge in [0, 0.05) is 17.7 Å². The van der Waals surface area contributed by atoms with Crippen molar-refractivity contribution in [1.82, 2.24) is 0 Å². The summed E-state index contributed by atoms with van der Waals surface area (Å²) in [5.41, 5.74) is 0.113. The van der Waals surface area contributed by atoms with Gasteiger partial charge in [0.1, 0.15) is 17.9 Å². The Morgan fingerprint density at radius 1 is 1.16 bits per heavy atom. The number of hydrogen-bond donors (Lipinski definition) is 0. The van der Waals surface area contributed by atoms with E-state index in [0.717, 1.165) is 18.2 Å². The number of ether oxygens (including phenoxy) is 1. The van der Waals surface area contributed by atoms with E-state index in [9.17, 15) is 19.3 Å². The van der Waals surface area contributed by atoms with Crippen molar-refractivity contribution in [2.24, 2.45) is 0 Å². The Balaban J connectivity index is 2.33. The largest absolute Gasteiger partial charge is 0.450 e. The van der Waals surface area contributed by atoms with Crippen LogP contribution in [0.2, 0.25) is 0 Å². The molecule has 0 atom stereocenters. The van der Waals surface area contributed by atoms with E-state index < -0.39 is 10.7 Å². The fourth-order valence-electron chi connectivity index (χ4n) is 1.46. The van der Waals surface area contributed by atoms with E-state index in [1.165, 1.54) is 24.3 Å². The van der Waals surface area contributed by atoms with Gasteiger partial charge in [0.05, 0.1) is 4.92 Å². The summed E-state index contributed by atoms with van der Waals surface area (Å²) in [6.45, 7) is 0. The molecule has 0 fully saturated rings. The van der Waals surface area contributed by atoms with Crippen LogP contribution in [0.4, 0.5) is 10.1 Å². The van der Waals surface area contributed by atoms with Gasteiger partial charge in [-0.2, -0.15) is 0 Å². The number of nitro groups is 1. The lowest BCUT2D eigenvalue weighted by atomic mass is 10.2. The molecule has 6 heteroatoms. The fourth-order valence-corrected chi connectivity index (χ4v) is 1.46. The number of benzene rings is 2. The molecule has 0 N–H and O–H groups in total. The van der Waals surface area contributed by atoms with Crippen LogP contribution in [0.1, 0.15) is 10.4 Å². The summed E-state index contributed by atoms with van der Waals surface area (Å²) >= 11 is 0. The number of carbonyl (C=O) groups is 1. The SMILES string of the molecule is O=Cc1ccc(Oc2cc(F)ccc2[N+](=O)[O-])cc1. The Kier molecular flexibility index (Phi) is 3.51. The van der Waals surface area contributed by atoms with Crippen molar-refractivity contribution in [3.63, 3.8) is 0 Å². The molecule has 0 spiro atoms. The van der Waals surface area contributed by atoms with Crippen LogP contribution in [0.15, 0.2) is 42.5 Å². The quantitative estimate of drug-likeness (QED) is 0.480. The summed E-state index contributed by atoms with van der Waals surface area (Å²) in [6.07, 6.45) is 0.661. The van der Waals surface area contributed by atoms with E-state index in [0.29, 0.717) is 11.8 Å². The third kappa shape index (κ3) is 2.92. The monoisotopic (exact) mass is 261 g/mol. The lowest BCUT2D eigenvalue weighted by Gasteiger charge is -2.06. The molecule has 0 radical (unpaired) electrons. The van der Waals surface area contributed by atoms with Crippen LogP contribution in [0.25, 0.3) is 0 Å². The van der Waals surface area contributed by atoms with Gasteiger partial charge in [0.2, 0.25) is 5.75 Å². The molecule has 0 amide bonds. The molecule has 96 valence electrons. The second kappa shape index (κ2) is 5.26. The van der Waals surface area contributed by atoms with E-state index in [-0.39, 0.29) is 17.2 Å². The summed E-state index contributed by atoms with van der Waals surface area (Å²) in [6, 6.07) is 8.88. The molecule has 0 aliphatic heterocycles. The normalized spacial score (nSPS) is 9.95. The van der Waals surface area contributed by atoms with Crippen LogP contribution in [-0.4, -0.2) is 11.2 Å². The van der Waals surface area contributed by atoms with Crippen LogP contribution >= 0.6 is 0 Å². The molecule has 0 unspecified atom stereocenters. The standard InChI is InChI=1S/C13H8FNO4/c14-10-3-6-12(15(17)18)13(7-10)19-11-4-1-9(8-16)2-5-11/h1-8H. The van der Waals surface area contributed by atoms with Gasteiger partial charge >= 0.3 is 5.69 Å².